The molecule has 3 fully saturated rings. The second-order valence-electron chi connectivity index (χ2n) is 9.29. The lowest BCUT2D eigenvalue weighted by atomic mass is 9.48. The Balaban J connectivity index is 2.00. The minimum absolute atomic E-state index is 0.0431. The number of ether oxygens (including phenoxy) is 2. The number of allylic oxidation sites excluding steroid dienone is 1. The number of aliphatic hydroxyl groups excluding tert-OH is 4. The number of ketones is 1. The molecule has 30 heavy (non-hydrogen) atoms. The lowest BCUT2D eigenvalue weighted by Crippen LogP contribution is -2.80. The average Bonchev–Trinajstić information content (AvgIpc) is 2.66. The number of hydrogen-bond donors (Lipinski definition) is 5. The number of carbonyl (C=O) groups excluding carboxylic acids is 2. The monoisotopic (exact) mass is 424 g/mol. The first-order valence-electron chi connectivity index (χ1n) is 10.1. The SMILES string of the molecule is CC(=O)O[C@@]12CO[C@@H]1C[C@H](O)[C@@]1(C)C(=O)[C@H](O)C3=C(C)C(O)=C[C@](O)([C@H]3C)[C@@H](O)[C@H]21. The van der Waals surface area contributed by atoms with Crippen LogP contribution in [0.1, 0.15) is 34.1 Å². The minimum atomic E-state index is -2.09. The summed E-state index contributed by atoms with van der Waals surface area (Å²) in [6.07, 6.45) is -4.52. The Hall–Kier alpha value is -1.78. The molecule has 3 aliphatic carbocycles. The molecule has 2 saturated carbocycles. The average molecular weight is 424 g/mol. The predicted molar refractivity (Wildman–Crippen MR) is 101 cm³/mol. The van der Waals surface area contributed by atoms with Gasteiger partial charge in [0.2, 0.25) is 0 Å². The first-order valence-corrected chi connectivity index (χ1v) is 10.1. The van der Waals surface area contributed by atoms with Crippen molar-refractivity contribution >= 4 is 11.8 Å². The molecule has 0 aromatic rings. The van der Waals surface area contributed by atoms with E-state index >= 15 is 0 Å². The minimum Gasteiger partial charge on any atom is -0.508 e. The van der Waals surface area contributed by atoms with E-state index in [1.807, 2.05) is 0 Å². The highest BCUT2D eigenvalue weighted by Gasteiger charge is 2.75. The van der Waals surface area contributed by atoms with Gasteiger partial charge >= 0.3 is 5.97 Å². The molecule has 1 saturated heterocycles. The topological polar surface area (TPSA) is 154 Å². The Morgan fingerprint density at radius 1 is 1.30 bits per heavy atom. The normalized spacial score (nSPS) is 50.4. The van der Waals surface area contributed by atoms with E-state index in [-0.39, 0.29) is 29.9 Å². The fourth-order valence-corrected chi connectivity index (χ4v) is 6.08. The molecule has 1 aliphatic heterocycles. The van der Waals surface area contributed by atoms with Crippen LogP contribution in [-0.2, 0) is 19.1 Å². The van der Waals surface area contributed by atoms with Crippen molar-refractivity contribution in [3.05, 3.63) is 23.0 Å². The second-order valence-corrected chi connectivity index (χ2v) is 9.29. The van der Waals surface area contributed by atoms with Gasteiger partial charge in [0.15, 0.2) is 11.4 Å². The van der Waals surface area contributed by atoms with Gasteiger partial charge in [-0.2, -0.15) is 0 Å². The number of aliphatic hydroxyl groups is 5. The molecule has 4 aliphatic rings. The Kier molecular flexibility index (Phi) is 4.55. The highest BCUT2D eigenvalue weighted by molar-refractivity contribution is 5.93. The smallest absolute Gasteiger partial charge is 0.303 e. The molecule has 9 nitrogen and oxygen atoms in total. The van der Waals surface area contributed by atoms with Gasteiger partial charge in [-0.05, 0) is 31.1 Å². The predicted octanol–water partition coefficient (Wildman–Crippen LogP) is -0.482. The van der Waals surface area contributed by atoms with Crippen LogP contribution < -0.4 is 0 Å². The number of hydrogen-bond acceptors (Lipinski definition) is 9. The summed E-state index contributed by atoms with van der Waals surface area (Å²) in [5.41, 5.74) is -5.00. The summed E-state index contributed by atoms with van der Waals surface area (Å²) in [7, 11) is 0. The lowest BCUT2D eigenvalue weighted by molar-refractivity contribution is -0.339. The van der Waals surface area contributed by atoms with Crippen LogP contribution in [0.15, 0.2) is 23.0 Å². The number of esters is 1. The third-order valence-electron chi connectivity index (χ3n) is 7.90. The molecule has 1 heterocycles. The standard InChI is InChI=1S/C21H28O9/c1-8-11(23)6-20(28)9(2)14(8)15(25)17(26)19(4)12(24)5-13-21(7-29-13,30-10(3)22)16(19)18(20)27/h6,9,12-13,15-16,18,23-25,27-28H,5,7H2,1-4H3/t9-,12-,13+,15+,16-,18-,19+,20-,21-/m0/s1. The molecule has 2 bridgehead atoms. The van der Waals surface area contributed by atoms with E-state index in [0.29, 0.717) is 0 Å². The van der Waals surface area contributed by atoms with E-state index in [2.05, 4.69) is 0 Å². The maximum atomic E-state index is 13.6. The van der Waals surface area contributed by atoms with Crippen molar-refractivity contribution < 1.29 is 44.6 Å². The van der Waals surface area contributed by atoms with Crippen molar-refractivity contribution in [2.24, 2.45) is 17.3 Å². The maximum Gasteiger partial charge on any atom is 0.303 e. The lowest BCUT2D eigenvalue weighted by Gasteiger charge is -2.65. The number of rotatable bonds is 1. The first-order chi connectivity index (χ1) is 13.8. The van der Waals surface area contributed by atoms with Gasteiger partial charge in [-0.1, -0.05) is 6.92 Å². The Morgan fingerprint density at radius 3 is 2.47 bits per heavy atom. The summed E-state index contributed by atoms with van der Waals surface area (Å²) in [6, 6.07) is 0. The molecule has 9 atom stereocenters. The zero-order valence-corrected chi connectivity index (χ0v) is 17.3. The molecule has 0 amide bonds. The van der Waals surface area contributed by atoms with Crippen molar-refractivity contribution in [2.75, 3.05) is 6.61 Å². The molecule has 0 unspecified atom stereocenters. The van der Waals surface area contributed by atoms with E-state index in [1.54, 1.807) is 0 Å². The van der Waals surface area contributed by atoms with E-state index < -0.39 is 64.6 Å². The largest absolute Gasteiger partial charge is 0.508 e. The highest BCUT2D eigenvalue weighted by Crippen LogP contribution is 2.60. The Labute approximate surface area is 173 Å². The first kappa shape index (κ1) is 21.5. The second kappa shape index (κ2) is 6.37. The molecule has 0 radical (unpaired) electrons. The van der Waals surface area contributed by atoms with Crippen LogP contribution in [0.25, 0.3) is 0 Å². The number of carbonyl (C=O) groups is 2. The van der Waals surface area contributed by atoms with E-state index in [0.717, 1.165) is 6.08 Å². The molecular weight excluding hydrogens is 396 g/mol. The summed E-state index contributed by atoms with van der Waals surface area (Å²) in [5.74, 6) is -4.02. The van der Waals surface area contributed by atoms with E-state index in [1.165, 1.54) is 27.7 Å². The van der Waals surface area contributed by atoms with Crippen LogP contribution in [0.2, 0.25) is 0 Å². The van der Waals surface area contributed by atoms with Crippen molar-refractivity contribution in [3.63, 3.8) is 0 Å². The van der Waals surface area contributed by atoms with E-state index in [4.69, 9.17) is 9.47 Å². The Morgan fingerprint density at radius 2 is 1.93 bits per heavy atom. The molecule has 5 N–H and O–H groups in total. The van der Waals surface area contributed by atoms with Crippen LogP contribution in [-0.4, -0.2) is 79.5 Å². The molecule has 0 aromatic heterocycles. The summed E-state index contributed by atoms with van der Waals surface area (Å²) in [6.45, 7) is 5.51. The van der Waals surface area contributed by atoms with Crippen LogP contribution in [0.3, 0.4) is 0 Å². The van der Waals surface area contributed by atoms with Gasteiger partial charge in [0.1, 0.15) is 23.6 Å². The van der Waals surface area contributed by atoms with Gasteiger partial charge in [0.25, 0.3) is 0 Å². The van der Waals surface area contributed by atoms with Crippen molar-refractivity contribution in [1.82, 2.24) is 0 Å². The Bertz CT molecular complexity index is 878. The highest BCUT2D eigenvalue weighted by atomic mass is 16.6. The van der Waals surface area contributed by atoms with Crippen LogP contribution >= 0.6 is 0 Å². The zero-order chi connectivity index (χ0) is 22.4. The maximum absolute atomic E-state index is 13.6. The van der Waals surface area contributed by atoms with Crippen LogP contribution in [0, 0.1) is 17.3 Å². The van der Waals surface area contributed by atoms with Crippen molar-refractivity contribution in [1.29, 1.82) is 0 Å². The third-order valence-corrected chi connectivity index (χ3v) is 7.90. The summed E-state index contributed by atoms with van der Waals surface area (Å²) in [5, 5.41) is 55.5. The van der Waals surface area contributed by atoms with Gasteiger partial charge in [-0.25, -0.2) is 0 Å². The van der Waals surface area contributed by atoms with Crippen LogP contribution in [0.4, 0.5) is 0 Å². The third kappa shape index (κ3) is 2.35. The number of Topliss-reactive ketones (excluding diaryl/α,β-unsaturated/α-hetero) is 1. The fourth-order valence-electron chi connectivity index (χ4n) is 6.08. The molecule has 0 aromatic carbocycles. The van der Waals surface area contributed by atoms with Gasteiger partial charge in [0, 0.05) is 25.2 Å². The van der Waals surface area contributed by atoms with Crippen molar-refractivity contribution in [2.45, 2.75) is 69.7 Å². The molecule has 9 heteroatoms. The summed E-state index contributed by atoms with van der Waals surface area (Å²) >= 11 is 0. The fraction of sp³-hybridized carbons (Fsp3) is 0.714. The molecule has 166 valence electrons. The zero-order valence-electron chi connectivity index (χ0n) is 17.3. The van der Waals surface area contributed by atoms with Gasteiger partial charge < -0.3 is 35.0 Å². The van der Waals surface area contributed by atoms with Crippen LogP contribution in [0.5, 0.6) is 0 Å². The molecule has 0 spiro atoms. The quantitative estimate of drug-likeness (QED) is 0.351. The molecule has 4 rings (SSSR count). The van der Waals surface area contributed by atoms with Gasteiger partial charge in [0.05, 0.1) is 24.2 Å². The van der Waals surface area contributed by atoms with Crippen molar-refractivity contribution in [3.8, 4) is 0 Å². The number of fused-ring (bicyclic) bond motifs is 5. The van der Waals surface area contributed by atoms with E-state index in [9.17, 15) is 35.1 Å². The summed E-state index contributed by atoms with van der Waals surface area (Å²) in [4.78, 5) is 25.5. The summed E-state index contributed by atoms with van der Waals surface area (Å²) < 4.78 is 11.1. The van der Waals surface area contributed by atoms with Gasteiger partial charge in [-0.3, -0.25) is 9.59 Å². The molecular formula is C21H28O9. The van der Waals surface area contributed by atoms with Gasteiger partial charge in [-0.15, -0.1) is 0 Å².